The quantitative estimate of drug-likeness (QED) is 0.694. The number of hydrogen-bond acceptors (Lipinski definition) is 1. The van der Waals surface area contributed by atoms with Crippen molar-refractivity contribution in [2.45, 2.75) is 19.9 Å². The van der Waals surface area contributed by atoms with Gasteiger partial charge in [-0.3, -0.25) is 0 Å². The lowest BCUT2D eigenvalue weighted by Gasteiger charge is -2.01. The molecule has 2 heteroatoms. The monoisotopic (exact) mass is 199 g/mol. The lowest BCUT2D eigenvalue weighted by Crippen LogP contribution is -2.35. The Bertz CT molecular complexity index is 424. The number of nitrogens with zero attached hydrogens (tertiary/aromatic N) is 2. The summed E-state index contributed by atoms with van der Waals surface area (Å²) in [7, 11) is 0. The smallest absolute Gasteiger partial charge is 0.231 e. The molecule has 0 N–H and O–H groups in total. The second-order valence-corrected chi connectivity index (χ2v) is 3.49. The molecule has 2 aromatic rings. The van der Waals surface area contributed by atoms with Crippen LogP contribution in [0.2, 0.25) is 0 Å². The molecule has 2 aromatic heterocycles. The summed E-state index contributed by atoms with van der Waals surface area (Å²) in [6.45, 7) is 3.22. The molecule has 0 atom stereocenters. The average Bonchev–Trinajstić information content (AvgIpc) is 2.31. The molecule has 15 heavy (non-hydrogen) atoms. The SMILES string of the molecule is CCC[n+]1ccccc1-c1ccccn1. The molecule has 0 aliphatic heterocycles. The molecule has 0 saturated heterocycles. The van der Waals surface area contributed by atoms with E-state index in [9.17, 15) is 0 Å². The Hall–Kier alpha value is -1.70. The van der Waals surface area contributed by atoms with Gasteiger partial charge in [0.25, 0.3) is 0 Å². The summed E-state index contributed by atoms with van der Waals surface area (Å²) in [4.78, 5) is 4.37. The Morgan fingerprint density at radius 3 is 2.73 bits per heavy atom. The first-order chi connectivity index (χ1) is 7.42. The number of rotatable bonds is 3. The summed E-state index contributed by atoms with van der Waals surface area (Å²) in [5, 5.41) is 0. The Balaban J connectivity index is 2.43. The average molecular weight is 199 g/mol. The van der Waals surface area contributed by atoms with Crippen LogP contribution in [-0.4, -0.2) is 4.98 Å². The van der Waals surface area contributed by atoms with E-state index in [1.165, 1.54) is 5.69 Å². The number of pyridine rings is 2. The van der Waals surface area contributed by atoms with Crippen LogP contribution in [0.4, 0.5) is 0 Å². The summed E-state index contributed by atoms with van der Waals surface area (Å²) in [5.74, 6) is 0. The first-order valence-electron chi connectivity index (χ1n) is 5.31. The molecule has 0 radical (unpaired) electrons. The van der Waals surface area contributed by atoms with E-state index in [1.807, 2.05) is 24.4 Å². The molecule has 0 aliphatic carbocycles. The van der Waals surface area contributed by atoms with E-state index < -0.39 is 0 Å². The van der Waals surface area contributed by atoms with Gasteiger partial charge in [0.1, 0.15) is 12.2 Å². The number of aromatic nitrogens is 2. The van der Waals surface area contributed by atoms with Crippen LogP contribution in [0.15, 0.2) is 48.8 Å². The second-order valence-electron chi connectivity index (χ2n) is 3.49. The Morgan fingerprint density at radius 2 is 2.00 bits per heavy atom. The van der Waals surface area contributed by atoms with Crippen LogP contribution in [0.3, 0.4) is 0 Å². The molecular formula is C13H15N2+. The Morgan fingerprint density at radius 1 is 1.13 bits per heavy atom. The minimum Gasteiger partial charge on any atom is -0.250 e. The number of hydrogen-bond donors (Lipinski definition) is 0. The van der Waals surface area contributed by atoms with Crippen molar-refractivity contribution in [1.82, 2.24) is 4.98 Å². The minimum absolute atomic E-state index is 1.03. The van der Waals surface area contributed by atoms with Crippen LogP contribution in [-0.2, 0) is 6.54 Å². The molecule has 0 spiro atoms. The highest BCUT2D eigenvalue weighted by Crippen LogP contribution is 2.10. The molecule has 0 aromatic carbocycles. The normalized spacial score (nSPS) is 10.2. The van der Waals surface area contributed by atoms with Crippen molar-refractivity contribution in [3.8, 4) is 11.4 Å². The molecule has 0 bridgehead atoms. The molecule has 2 nitrogen and oxygen atoms in total. The Labute approximate surface area is 90.2 Å². The third-order valence-electron chi connectivity index (χ3n) is 2.33. The van der Waals surface area contributed by atoms with Crippen LogP contribution >= 0.6 is 0 Å². The van der Waals surface area contributed by atoms with E-state index >= 15 is 0 Å². The molecule has 0 saturated carbocycles. The molecule has 0 amide bonds. The van der Waals surface area contributed by atoms with Crippen molar-refractivity contribution < 1.29 is 4.57 Å². The maximum atomic E-state index is 4.37. The predicted molar refractivity (Wildman–Crippen MR) is 60.2 cm³/mol. The van der Waals surface area contributed by atoms with E-state index in [0.717, 1.165) is 18.7 Å². The van der Waals surface area contributed by atoms with Gasteiger partial charge in [0.05, 0.1) is 0 Å². The summed E-state index contributed by atoms with van der Waals surface area (Å²) in [6.07, 6.45) is 5.07. The molecule has 76 valence electrons. The maximum absolute atomic E-state index is 4.37. The summed E-state index contributed by atoms with van der Waals surface area (Å²) >= 11 is 0. The van der Waals surface area contributed by atoms with Gasteiger partial charge in [0, 0.05) is 24.8 Å². The third kappa shape index (κ3) is 2.21. The van der Waals surface area contributed by atoms with Gasteiger partial charge in [-0.15, -0.1) is 0 Å². The van der Waals surface area contributed by atoms with Gasteiger partial charge >= 0.3 is 0 Å². The lowest BCUT2D eigenvalue weighted by molar-refractivity contribution is -0.686. The second kappa shape index (κ2) is 4.69. The molecule has 2 heterocycles. The highest BCUT2D eigenvalue weighted by atomic mass is 15.0. The van der Waals surface area contributed by atoms with Gasteiger partial charge in [0.15, 0.2) is 6.20 Å². The summed E-state index contributed by atoms with van der Waals surface area (Å²) < 4.78 is 2.24. The zero-order valence-corrected chi connectivity index (χ0v) is 8.93. The van der Waals surface area contributed by atoms with Crippen LogP contribution < -0.4 is 4.57 Å². The van der Waals surface area contributed by atoms with Crippen LogP contribution in [0.1, 0.15) is 13.3 Å². The topological polar surface area (TPSA) is 16.8 Å². The highest BCUT2D eigenvalue weighted by Gasteiger charge is 2.11. The zero-order chi connectivity index (χ0) is 10.5. The molecular weight excluding hydrogens is 184 g/mol. The van der Waals surface area contributed by atoms with E-state index in [-0.39, 0.29) is 0 Å². The first kappa shape index (κ1) is 9.84. The van der Waals surface area contributed by atoms with Crippen LogP contribution in [0, 0.1) is 0 Å². The predicted octanol–water partition coefficient (Wildman–Crippen LogP) is 2.45. The van der Waals surface area contributed by atoms with Crippen molar-refractivity contribution >= 4 is 0 Å². The van der Waals surface area contributed by atoms with Crippen LogP contribution in [0.5, 0.6) is 0 Å². The lowest BCUT2D eigenvalue weighted by atomic mass is 10.2. The minimum atomic E-state index is 1.03. The van der Waals surface area contributed by atoms with Crippen molar-refractivity contribution in [3.05, 3.63) is 48.8 Å². The fourth-order valence-electron chi connectivity index (χ4n) is 1.66. The highest BCUT2D eigenvalue weighted by molar-refractivity contribution is 5.49. The van der Waals surface area contributed by atoms with E-state index in [2.05, 4.69) is 40.9 Å². The first-order valence-corrected chi connectivity index (χ1v) is 5.31. The van der Waals surface area contributed by atoms with Gasteiger partial charge in [-0.2, -0.15) is 4.57 Å². The van der Waals surface area contributed by atoms with Gasteiger partial charge in [-0.25, -0.2) is 4.98 Å². The maximum Gasteiger partial charge on any atom is 0.231 e. The Kier molecular flexibility index (Phi) is 3.08. The fraction of sp³-hybridized carbons (Fsp3) is 0.231. The van der Waals surface area contributed by atoms with E-state index in [0.29, 0.717) is 0 Å². The van der Waals surface area contributed by atoms with Crippen LogP contribution in [0.25, 0.3) is 11.4 Å². The van der Waals surface area contributed by atoms with Gasteiger partial charge in [-0.1, -0.05) is 13.0 Å². The van der Waals surface area contributed by atoms with Gasteiger partial charge in [0.2, 0.25) is 5.69 Å². The van der Waals surface area contributed by atoms with E-state index in [1.54, 1.807) is 0 Å². The molecule has 0 fully saturated rings. The van der Waals surface area contributed by atoms with Crippen molar-refractivity contribution in [1.29, 1.82) is 0 Å². The van der Waals surface area contributed by atoms with Gasteiger partial charge < -0.3 is 0 Å². The largest absolute Gasteiger partial charge is 0.250 e. The van der Waals surface area contributed by atoms with Crippen molar-refractivity contribution in [2.24, 2.45) is 0 Å². The third-order valence-corrected chi connectivity index (χ3v) is 2.33. The zero-order valence-electron chi connectivity index (χ0n) is 8.93. The molecule has 0 aliphatic rings. The molecule has 2 rings (SSSR count). The standard InChI is InChI=1S/C13H15N2/c1-2-10-15-11-6-4-8-13(15)12-7-3-5-9-14-12/h3-9,11H,2,10H2,1H3/q+1. The van der Waals surface area contributed by atoms with Crippen molar-refractivity contribution in [2.75, 3.05) is 0 Å². The fourth-order valence-corrected chi connectivity index (χ4v) is 1.66. The number of aryl methyl sites for hydroxylation is 1. The molecule has 0 unspecified atom stereocenters. The van der Waals surface area contributed by atoms with Crippen molar-refractivity contribution in [3.63, 3.8) is 0 Å². The summed E-state index contributed by atoms with van der Waals surface area (Å²) in [6, 6.07) is 12.2. The van der Waals surface area contributed by atoms with E-state index in [4.69, 9.17) is 0 Å². The summed E-state index contributed by atoms with van der Waals surface area (Å²) in [5.41, 5.74) is 2.21. The van der Waals surface area contributed by atoms with Gasteiger partial charge in [-0.05, 0) is 18.2 Å².